The first kappa shape index (κ1) is 29.5. The van der Waals surface area contributed by atoms with Gasteiger partial charge in [-0.25, -0.2) is 0 Å². The highest BCUT2D eigenvalue weighted by atomic mass is 127. The molecule has 0 unspecified atom stereocenters. The van der Waals surface area contributed by atoms with E-state index in [4.69, 9.17) is 28.4 Å². The van der Waals surface area contributed by atoms with E-state index in [1.165, 1.54) is 0 Å². The number of hydrogen-bond donors (Lipinski definition) is 0. The van der Waals surface area contributed by atoms with Crippen LogP contribution in [0.4, 0.5) is 0 Å². The molecular formula is C33H39IO6. The minimum Gasteiger partial charge on any atom is -0.497 e. The highest BCUT2D eigenvalue weighted by Gasteiger charge is 2.53. The molecule has 0 aliphatic carbocycles. The van der Waals surface area contributed by atoms with Crippen LogP contribution in [0.5, 0.6) is 5.75 Å². The molecule has 5 atom stereocenters. The maximum absolute atomic E-state index is 6.77. The van der Waals surface area contributed by atoms with E-state index in [1.807, 2.05) is 60.7 Å². The summed E-state index contributed by atoms with van der Waals surface area (Å²) in [5, 5.41) is 0. The Bertz CT molecular complexity index is 1140. The van der Waals surface area contributed by atoms with Crippen LogP contribution in [-0.2, 0) is 43.5 Å². The van der Waals surface area contributed by atoms with Gasteiger partial charge in [-0.05, 0) is 41.7 Å². The Labute approximate surface area is 251 Å². The Hall–Kier alpha value is -2.01. The third-order valence-electron chi connectivity index (χ3n) is 7.48. The van der Waals surface area contributed by atoms with Crippen molar-refractivity contribution < 1.29 is 28.4 Å². The van der Waals surface area contributed by atoms with Crippen LogP contribution in [-0.4, -0.2) is 48.3 Å². The lowest BCUT2D eigenvalue weighted by Gasteiger charge is -2.51. The summed E-state index contributed by atoms with van der Waals surface area (Å²) in [7, 11) is 1.67. The molecule has 3 aromatic rings. The van der Waals surface area contributed by atoms with Gasteiger partial charge in [0.05, 0.1) is 62.4 Å². The Morgan fingerprint density at radius 2 is 1.32 bits per heavy atom. The molecule has 2 heterocycles. The fraction of sp³-hybridized carbons (Fsp3) is 0.455. The van der Waals surface area contributed by atoms with E-state index in [0.717, 1.165) is 48.1 Å². The van der Waals surface area contributed by atoms with Crippen LogP contribution < -0.4 is 4.74 Å². The number of halogens is 1. The summed E-state index contributed by atoms with van der Waals surface area (Å²) in [5.74, 6) is 0.114. The number of rotatable bonds is 12. The van der Waals surface area contributed by atoms with Gasteiger partial charge in [0.15, 0.2) is 5.79 Å². The van der Waals surface area contributed by atoms with E-state index in [2.05, 4.69) is 46.9 Å². The van der Waals surface area contributed by atoms with E-state index in [1.54, 1.807) is 7.11 Å². The molecule has 0 aromatic heterocycles. The van der Waals surface area contributed by atoms with Gasteiger partial charge in [-0.2, -0.15) is 0 Å². The van der Waals surface area contributed by atoms with Crippen LogP contribution >= 0.6 is 22.6 Å². The van der Waals surface area contributed by atoms with Crippen molar-refractivity contribution in [1.29, 1.82) is 0 Å². The van der Waals surface area contributed by atoms with Crippen molar-refractivity contribution in [3.05, 3.63) is 102 Å². The molecule has 1 spiro atoms. The first-order valence-corrected chi connectivity index (χ1v) is 15.4. The van der Waals surface area contributed by atoms with E-state index in [-0.39, 0.29) is 22.2 Å². The lowest BCUT2D eigenvalue weighted by atomic mass is 9.91. The van der Waals surface area contributed by atoms with Gasteiger partial charge in [0.1, 0.15) is 5.75 Å². The van der Waals surface area contributed by atoms with Gasteiger partial charge in [0, 0.05) is 12.8 Å². The minimum absolute atomic E-state index is 0.0150. The molecular weight excluding hydrogens is 619 g/mol. The van der Waals surface area contributed by atoms with Gasteiger partial charge in [-0.1, -0.05) is 95.4 Å². The number of methoxy groups -OCH3 is 1. The standard InChI is InChI=1S/C33H39IO6/c1-35-28-16-14-27(15-17-28)21-36-23-29-13-8-18-33(39-29)32(34)31(38-22-26-11-6-3-7-12-26)19-30(40-33)24-37-20-25-9-4-2-5-10-25/h2-7,9-12,14-17,29-32H,8,13,18-24H2,1H3/t29-,30+,31-,32+,33+/m1/s1. The zero-order chi connectivity index (χ0) is 27.6. The van der Waals surface area contributed by atoms with Crippen LogP contribution in [0.3, 0.4) is 0 Å². The molecule has 0 N–H and O–H groups in total. The second-order valence-electron chi connectivity index (χ2n) is 10.5. The first-order valence-electron chi connectivity index (χ1n) is 14.1. The first-order chi connectivity index (χ1) is 19.6. The van der Waals surface area contributed by atoms with Gasteiger partial charge < -0.3 is 28.4 Å². The van der Waals surface area contributed by atoms with Gasteiger partial charge in [0.2, 0.25) is 0 Å². The molecule has 0 bridgehead atoms. The zero-order valence-corrected chi connectivity index (χ0v) is 25.2. The predicted molar refractivity (Wildman–Crippen MR) is 163 cm³/mol. The van der Waals surface area contributed by atoms with Gasteiger partial charge in [0.25, 0.3) is 0 Å². The molecule has 2 aliphatic rings. The molecule has 5 rings (SSSR count). The van der Waals surface area contributed by atoms with Crippen LogP contribution in [0.25, 0.3) is 0 Å². The van der Waals surface area contributed by atoms with Crippen LogP contribution in [0.15, 0.2) is 84.9 Å². The summed E-state index contributed by atoms with van der Waals surface area (Å²) >= 11 is 2.49. The zero-order valence-electron chi connectivity index (χ0n) is 23.1. The van der Waals surface area contributed by atoms with Gasteiger partial charge >= 0.3 is 0 Å². The topological polar surface area (TPSA) is 55.4 Å². The quantitative estimate of drug-likeness (QED) is 0.157. The largest absolute Gasteiger partial charge is 0.497 e. The Morgan fingerprint density at radius 3 is 1.98 bits per heavy atom. The van der Waals surface area contributed by atoms with Crippen LogP contribution in [0.2, 0.25) is 0 Å². The summed E-state index contributed by atoms with van der Waals surface area (Å²) in [4.78, 5) is 0. The maximum Gasteiger partial charge on any atom is 0.183 e. The normalized spacial score (nSPS) is 26.6. The molecule has 2 fully saturated rings. The fourth-order valence-corrected chi connectivity index (χ4v) is 6.49. The molecule has 3 aromatic carbocycles. The SMILES string of the molecule is COc1ccc(COC[C@H]2CCC[C@]3(O2)O[C@H](COCc2ccccc2)C[C@@H](OCc2ccccc2)[C@@H]3I)cc1. The van der Waals surface area contributed by atoms with Crippen LogP contribution in [0.1, 0.15) is 42.4 Å². The highest BCUT2D eigenvalue weighted by Crippen LogP contribution is 2.44. The number of alkyl halides is 1. The van der Waals surface area contributed by atoms with Crippen molar-refractivity contribution in [2.75, 3.05) is 20.3 Å². The molecule has 0 radical (unpaired) electrons. The average molecular weight is 659 g/mol. The van der Waals surface area contributed by atoms with Crippen molar-refractivity contribution in [1.82, 2.24) is 0 Å². The third-order valence-corrected chi connectivity index (χ3v) is 9.23. The molecule has 214 valence electrons. The van der Waals surface area contributed by atoms with E-state index >= 15 is 0 Å². The lowest BCUT2D eigenvalue weighted by molar-refractivity contribution is -0.331. The molecule has 2 aliphatic heterocycles. The Balaban J connectivity index is 1.21. The Morgan fingerprint density at radius 1 is 0.750 bits per heavy atom. The summed E-state index contributed by atoms with van der Waals surface area (Å²) in [5.41, 5.74) is 3.43. The van der Waals surface area contributed by atoms with Crippen molar-refractivity contribution in [3.8, 4) is 5.75 Å². The monoisotopic (exact) mass is 658 g/mol. The van der Waals surface area contributed by atoms with E-state index in [9.17, 15) is 0 Å². The highest BCUT2D eigenvalue weighted by molar-refractivity contribution is 14.1. The van der Waals surface area contributed by atoms with Crippen molar-refractivity contribution in [2.45, 2.75) is 73.5 Å². The molecule has 7 heteroatoms. The summed E-state index contributed by atoms with van der Waals surface area (Å²) in [6.45, 7) is 2.66. The van der Waals surface area contributed by atoms with Gasteiger partial charge in [-0.3, -0.25) is 0 Å². The van der Waals surface area contributed by atoms with E-state index < -0.39 is 5.79 Å². The second kappa shape index (κ2) is 14.8. The number of ether oxygens (including phenoxy) is 6. The minimum atomic E-state index is -0.729. The molecule has 0 saturated carbocycles. The lowest BCUT2D eigenvalue weighted by Crippen LogP contribution is -2.61. The Kier molecular flexibility index (Phi) is 10.9. The molecule has 2 saturated heterocycles. The maximum atomic E-state index is 6.77. The summed E-state index contributed by atoms with van der Waals surface area (Å²) < 4.78 is 37.6. The number of benzene rings is 3. The number of hydrogen-bond acceptors (Lipinski definition) is 6. The third kappa shape index (κ3) is 8.05. The van der Waals surface area contributed by atoms with Crippen molar-refractivity contribution in [3.63, 3.8) is 0 Å². The van der Waals surface area contributed by atoms with E-state index in [0.29, 0.717) is 33.0 Å². The van der Waals surface area contributed by atoms with Crippen LogP contribution in [0, 0.1) is 0 Å². The van der Waals surface area contributed by atoms with Gasteiger partial charge in [-0.15, -0.1) is 0 Å². The van der Waals surface area contributed by atoms with Crippen molar-refractivity contribution >= 4 is 22.6 Å². The summed E-state index contributed by atoms with van der Waals surface area (Å²) in [6.07, 6.45) is 3.38. The molecule has 6 nitrogen and oxygen atoms in total. The average Bonchev–Trinajstić information content (AvgIpc) is 3.00. The molecule has 40 heavy (non-hydrogen) atoms. The predicted octanol–water partition coefficient (Wildman–Crippen LogP) is 6.87. The second-order valence-corrected chi connectivity index (χ2v) is 11.9. The fourth-order valence-electron chi connectivity index (χ4n) is 5.38. The summed E-state index contributed by atoms with van der Waals surface area (Å²) in [6, 6.07) is 28.5. The van der Waals surface area contributed by atoms with Crippen molar-refractivity contribution in [2.24, 2.45) is 0 Å². The smallest absolute Gasteiger partial charge is 0.183 e. The molecule has 0 amide bonds.